The van der Waals surface area contributed by atoms with E-state index >= 15 is 0 Å². The second-order valence-electron chi connectivity index (χ2n) is 4.13. The highest BCUT2D eigenvalue weighted by Crippen LogP contribution is 2.25. The molecular weight excluding hydrogens is 295 g/mol. The molecule has 0 heterocycles. The van der Waals surface area contributed by atoms with Crippen molar-refractivity contribution in [2.75, 3.05) is 0 Å². The van der Waals surface area contributed by atoms with E-state index in [1.165, 1.54) is 6.92 Å². The molecule has 0 fully saturated rings. The van der Waals surface area contributed by atoms with Gasteiger partial charge in [0.15, 0.2) is 0 Å². The highest BCUT2D eigenvalue weighted by atomic mass is 35.5. The maximum Gasteiger partial charge on any atom is 0.308 e. The van der Waals surface area contributed by atoms with Gasteiger partial charge in [-0.25, -0.2) is 0 Å². The van der Waals surface area contributed by atoms with Crippen LogP contribution in [0.1, 0.15) is 18.1 Å². The van der Waals surface area contributed by atoms with Crippen LogP contribution in [-0.2, 0) is 4.79 Å². The third-order valence-corrected chi connectivity index (χ3v) is 3.15. The number of carbonyl (C=O) groups is 1. The van der Waals surface area contributed by atoms with E-state index in [0.29, 0.717) is 15.8 Å². The molecule has 0 unspecified atom stereocenters. The molecule has 0 bridgehead atoms. The maximum atomic E-state index is 11.1. The van der Waals surface area contributed by atoms with Gasteiger partial charge in [-0.05, 0) is 29.8 Å². The summed E-state index contributed by atoms with van der Waals surface area (Å²) in [4.78, 5) is 11.1. The van der Waals surface area contributed by atoms with Crippen LogP contribution < -0.4 is 4.74 Å². The van der Waals surface area contributed by atoms with Crippen molar-refractivity contribution >= 4 is 41.3 Å². The van der Waals surface area contributed by atoms with E-state index < -0.39 is 0 Å². The molecule has 2 nitrogen and oxygen atoms in total. The molecule has 20 heavy (non-hydrogen) atoms. The van der Waals surface area contributed by atoms with E-state index in [1.54, 1.807) is 24.3 Å². The Morgan fingerprint density at radius 1 is 1.05 bits per heavy atom. The van der Waals surface area contributed by atoms with Crippen LogP contribution in [0.4, 0.5) is 0 Å². The molecule has 0 aliphatic heterocycles. The van der Waals surface area contributed by atoms with E-state index in [2.05, 4.69) is 0 Å². The van der Waals surface area contributed by atoms with Gasteiger partial charge in [-0.15, -0.1) is 0 Å². The molecule has 102 valence electrons. The molecule has 0 saturated heterocycles. The summed E-state index contributed by atoms with van der Waals surface area (Å²) in [7, 11) is 0. The Hall–Kier alpha value is -1.77. The maximum absolute atomic E-state index is 11.1. The van der Waals surface area contributed by atoms with E-state index in [4.69, 9.17) is 27.9 Å². The molecule has 0 atom stereocenters. The molecule has 2 aromatic rings. The lowest BCUT2D eigenvalue weighted by molar-refractivity contribution is -0.131. The number of hydrogen-bond acceptors (Lipinski definition) is 2. The van der Waals surface area contributed by atoms with Gasteiger partial charge in [-0.3, -0.25) is 4.79 Å². The number of benzene rings is 2. The number of hydrogen-bond donors (Lipinski definition) is 0. The van der Waals surface area contributed by atoms with Crippen molar-refractivity contribution in [3.63, 3.8) is 0 Å². The summed E-state index contributed by atoms with van der Waals surface area (Å²) in [5.41, 5.74) is 1.59. The van der Waals surface area contributed by atoms with Gasteiger partial charge in [0.05, 0.1) is 0 Å². The second kappa shape index (κ2) is 6.60. The Balaban J connectivity index is 2.31. The number of ether oxygens (including phenoxy) is 1. The van der Waals surface area contributed by atoms with Crippen LogP contribution in [0.3, 0.4) is 0 Å². The molecule has 0 aliphatic rings. The SMILES string of the molecule is CC(=O)Oc1ccccc1/C=C/c1cc(Cl)ccc1Cl. The quantitative estimate of drug-likeness (QED) is 0.448. The number of halogens is 2. The van der Waals surface area contributed by atoms with Crippen LogP contribution in [0.2, 0.25) is 10.0 Å². The first-order chi connectivity index (χ1) is 9.56. The van der Waals surface area contributed by atoms with Gasteiger partial charge in [0.1, 0.15) is 5.75 Å². The Labute approximate surface area is 127 Å². The standard InChI is InChI=1S/C16H12Cl2O2/c1-11(19)20-16-5-3-2-4-12(16)6-7-13-10-14(17)8-9-15(13)18/h2-10H,1H3/b7-6+. The van der Waals surface area contributed by atoms with Crippen molar-refractivity contribution < 1.29 is 9.53 Å². The number of para-hydroxylation sites is 1. The molecule has 0 aliphatic carbocycles. The van der Waals surface area contributed by atoms with Crippen LogP contribution in [0, 0.1) is 0 Å². The minimum atomic E-state index is -0.355. The smallest absolute Gasteiger partial charge is 0.308 e. The fourth-order valence-electron chi connectivity index (χ4n) is 1.69. The zero-order valence-electron chi connectivity index (χ0n) is 10.8. The third-order valence-electron chi connectivity index (χ3n) is 2.57. The Morgan fingerprint density at radius 2 is 1.75 bits per heavy atom. The number of esters is 1. The molecule has 0 aromatic heterocycles. The van der Waals surface area contributed by atoms with Crippen LogP contribution >= 0.6 is 23.2 Å². The summed E-state index contributed by atoms with van der Waals surface area (Å²) >= 11 is 12.0. The Kier molecular flexibility index (Phi) is 4.83. The minimum Gasteiger partial charge on any atom is -0.426 e. The lowest BCUT2D eigenvalue weighted by Gasteiger charge is -2.05. The first kappa shape index (κ1) is 14.6. The summed E-state index contributed by atoms with van der Waals surface area (Å²) in [6, 6.07) is 12.5. The highest BCUT2D eigenvalue weighted by Gasteiger charge is 2.03. The Bertz CT molecular complexity index is 663. The van der Waals surface area contributed by atoms with Crippen LogP contribution in [-0.4, -0.2) is 5.97 Å². The van der Waals surface area contributed by atoms with E-state index in [0.717, 1.165) is 11.1 Å². The summed E-state index contributed by atoms with van der Waals surface area (Å²) in [6.45, 7) is 1.37. The zero-order valence-corrected chi connectivity index (χ0v) is 12.3. The first-order valence-electron chi connectivity index (χ1n) is 5.97. The first-order valence-corrected chi connectivity index (χ1v) is 6.72. The summed E-state index contributed by atoms with van der Waals surface area (Å²) in [5.74, 6) is 0.154. The van der Waals surface area contributed by atoms with Crippen LogP contribution in [0.5, 0.6) is 5.75 Å². The fourth-order valence-corrected chi connectivity index (χ4v) is 2.05. The number of rotatable bonds is 3. The van der Waals surface area contributed by atoms with Gasteiger partial charge in [0.2, 0.25) is 0 Å². The van der Waals surface area contributed by atoms with Crippen molar-refractivity contribution in [2.24, 2.45) is 0 Å². The average Bonchev–Trinajstić information content (AvgIpc) is 2.41. The van der Waals surface area contributed by atoms with Gasteiger partial charge >= 0.3 is 5.97 Å². The topological polar surface area (TPSA) is 26.3 Å². The van der Waals surface area contributed by atoms with E-state index in [9.17, 15) is 4.79 Å². The zero-order chi connectivity index (χ0) is 14.5. The normalized spacial score (nSPS) is 10.8. The molecular formula is C16H12Cl2O2. The predicted octanol–water partition coefficient (Wildman–Crippen LogP) is 5.09. The Morgan fingerprint density at radius 3 is 2.50 bits per heavy atom. The van der Waals surface area contributed by atoms with Crippen molar-refractivity contribution in [3.05, 3.63) is 63.6 Å². The molecule has 0 radical (unpaired) electrons. The van der Waals surface area contributed by atoms with Crippen molar-refractivity contribution in [1.82, 2.24) is 0 Å². The monoisotopic (exact) mass is 306 g/mol. The third kappa shape index (κ3) is 3.86. The van der Waals surface area contributed by atoms with Crippen molar-refractivity contribution in [1.29, 1.82) is 0 Å². The summed E-state index contributed by atoms with van der Waals surface area (Å²) in [6.07, 6.45) is 3.66. The molecule has 0 spiro atoms. The highest BCUT2D eigenvalue weighted by molar-refractivity contribution is 6.34. The van der Waals surface area contributed by atoms with Gasteiger partial charge in [0.25, 0.3) is 0 Å². The van der Waals surface area contributed by atoms with Gasteiger partial charge < -0.3 is 4.74 Å². The fraction of sp³-hybridized carbons (Fsp3) is 0.0625. The van der Waals surface area contributed by atoms with Gasteiger partial charge in [-0.1, -0.05) is 53.6 Å². The molecule has 2 aromatic carbocycles. The summed E-state index contributed by atoms with van der Waals surface area (Å²) < 4.78 is 5.14. The average molecular weight is 307 g/mol. The lowest BCUT2D eigenvalue weighted by Crippen LogP contribution is -2.02. The van der Waals surface area contributed by atoms with Gasteiger partial charge in [-0.2, -0.15) is 0 Å². The summed E-state index contributed by atoms with van der Waals surface area (Å²) in [5, 5.41) is 1.22. The van der Waals surface area contributed by atoms with Gasteiger partial charge in [0, 0.05) is 22.5 Å². The molecule has 4 heteroatoms. The van der Waals surface area contributed by atoms with Crippen molar-refractivity contribution in [2.45, 2.75) is 6.92 Å². The largest absolute Gasteiger partial charge is 0.426 e. The van der Waals surface area contributed by atoms with E-state index in [-0.39, 0.29) is 5.97 Å². The lowest BCUT2D eigenvalue weighted by atomic mass is 10.1. The predicted molar refractivity (Wildman–Crippen MR) is 83.1 cm³/mol. The molecule has 0 saturated carbocycles. The minimum absolute atomic E-state index is 0.355. The molecule has 0 amide bonds. The van der Waals surface area contributed by atoms with Crippen LogP contribution in [0.25, 0.3) is 12.2 Å². The van der Waals surface area contributed by atoms with E-state index in [1.807, 2.05) is 30.4 Å². The van der Waals surface area contributed by atoms with Crippen molar-refractivity contribution in [3.8, 4) is 5.75 Å². The number of carbonyl (C=O) groups excluding carboxylic acids is 1. The van der Waals surface area contributed by atoms with Crippen LogP contribution in [0.15, 0.2) is 42.5 Å². The molecule has 0 N–H and O–H groups in total. The second-order valence-corrected chi connectivity index (χ2v) is 4.97. The molecule has 2 rings (SSSR count).